The largest absolute Gasteiger partial charge is 1.00 e. The third kappa shape index (κ3) is 2.50. The Morgan fingerprint density at radius 3 is 1.93 bits per heavy atom. The van der Waals surface area contributed by atoms with E-state index < -0.39 is 0 Å². The van der Waals surface area contributed by atoms with Gasteiger partial charge in [0.15, 0.2) is 0 Å². The molecule has 2 aliphatic heterocycles. The van der Waals surface area contributed by atoms with Crippen LogP contribution in [0, 0.1) is 0 Å². The Balaban J connectivity index is 0.00000128. The van der Waals surface area contributed by atoms with E-state index in [0.717, 1.165) is 13.1 Å². The first-order valence-electron chi connectivity index (χ1n) is 4.98. The van der Waals surface area contributed by atoms with E-state index in [0.29, 0.717) is 0 Å². The van der Waals surface area contributed by atoms with Crippen molar-refractivity contribution >= 4 is 27.6 Å². The summed E-state index contributed by atoms with van der Waals surface area (Å²) in [7, 11) is 4.22. The number of hydrogen-bond donors (Lipinski definition) is 0. The van der Waals surface area contributed by atoms with Crippen LogP contribution in [0.25, 0.3) is 0 Å². The molecule has 0 bridgehead atoms. The Morgan fingerprint density at radius 2 is 1.53 bits per heavy atom. The average molecular weight is 218 g/mol. The van der Waals surface area contributed by atoms with Crippen molar-refractivity contribution in [2.75, 3.05) is 27.2 Å². The molecule has 0 saturated carbocycles. The van der Waals surface area contributed by atoms with E-state index >= 15 is 0 Å². The molecule has 0 atom stereocenters. The Bertz CT molecular complexity index is 328. The van der Waals surface area contributed by atoms with Crippen LogP contribution in [-0.4, -0.2) is 64.6 Å². The van der Waals surface area contributed by atoms with Crippen LogP contribution >= 0.6 is 0 Å². The SMILES string of the molecule is CN1CC=NC=[C]1[Al+][C]1=CN=CCN1C.[H-]. The Labute approximate surface area is 97.9 Å². The van der Waals surface area contributed by atoms with Gasteiger partial charge in [-0.05, 0) is 0 Å². The van der Waals surface area contributed by atoms with Crippen molar-refractivity contribution in [2.45, 2.75) is 0 Å². The van der Waals surface area contributed by atoms with E-state index in [1.54, 1.807) is 0 Å². The molecule has 0 saturated heterocycles. The standard InChI is InChI=1S/2C5H7N2.Al.H/c2*1-7-4-2-6-3-5-7;;/h2*2-3H,4H2,1H3;;/q;;+1;-1. The molecule has 0 aromatic rings. The van der Waals surface area contributed by atoms with Crippen LogP contribution in [0.4, 0.5) is 0 Å². The molecule has 0 aromatic heterocycles. The summed E-state index contributed by atoms with van der Waals surface area (Å²) in [6.45, 7) is 1.83. The van der Waals surface area contributed by atoms with Gasteiger partial charge in [0.05, 0.1) is 0 Å². The van der Waals surface area contributed by atoms with Crippen LogP contribution in [0.1, 0.15) is 1.43 Å². The number of aliphatic imine (C=N–C) groups is 2. The van der Waals surface area contributed by atoms with Crippen molar-refractivity contribution in [3.63, 3.8) is 0 Å². The maximum atomic E-state index is 4.21. The topological polar surface area (TPSA) is 31.2 Å². The first-order valence-corrected chi connectivity index (χ1v) is 6.13. The quantitative estimate of drug-likeness (QED) is 0.629. The van der Waals surface area contributed by atoms with Crippen LogP contribution < -0.4 is 0 Å². The molecule has 0 amide bonds. The molecule has 2 rings (SSSR count). The van der Waals surface area contributed by atoms with Crippen LogP contribution in [0.5, 0.6) is 0 Å². The van der Waals surface area contributed by atoms with E-state index in [1.807, 2.05) is 24.8 Å². The molecule has 0 spiro atoms. The van der Waals surface area contributed by atoms with Gasteiger partial charge in [-0.25, -0.2) is 0 Å². The summed E-state index contributed by atoms with van der Waals surface area (Å²) in [5.74, 6) is 0. The molecular weight excluding hydrogens is 203 g/mol. The van der Waals surface area contributed by atoms with Crippen LogP contribution in [0.3, 0.4) is 0 Å². The fourth-order valence-electron chi connectivity index (χ4n) is 1.45. The van der Waals surface area contributed by atoms with Crippen molar-refractivity contribution in [3.05, 3.63) is 21.5 Å². The molecule has 2 aliphatic rings. The Kier molecular flexibility index (Phi) is 3.24. The maximum absolute atomic E-state index is 4.21. The van der Waals surface area contributed by atoms with E-state index in [-0.39, 0.29) is 16.6 Å². The molecule has 4 nitrogen and oxygen atoms in total. The summed E-state index contributed by atoms with van der Waals surface area (Å²) in [5, 5.41) is 0. The third-order valence-corrected chi connectivity index (χ3v) is 4.28. The first kappa shape index (κ1) is 10.5. The second-order valence-electron chi connectivity index (χ2n) is 3.68. The Morgan fingerprint density at radius 1 is 1.07 bits per heavy atom. The second-order valence-corrected chi connectivity index (χ2v) is 5.15. The summed E-state index contributed by atoms with van der Waals surface area (Å²) < 4.78 is 2.65. The van der Waals surface area contributed by atoms with Crippen molar-refractivity contribution in [3.8, 4) is 0 Å². The zero-order valence-electron chi connectivity index (χ0n) is 10.1. The van der Waals surface area contributed by atoms with Gasteiger partial charge in [-0.1, -0.05) is 0 Å². The monoisotopic (exact) mass is 218 g/mol. The van der Waals surface area contributed by atoms with Crippen molar-refractivity contribution in [1.29, 1.82) is 0 Å². The van der Waals surface area contributed by atoms with Gasteiger partial charge in [-0.15, -0.1) is 0 Å². The summed E-state index contributed by atoms with van der Waals surface area (Å²) in [5.41, 5.74) is 0. The minimum atomic E-state index is 0. The molecule has 78 valence electrons. The zero-order chi connectivity index (χ0) is 10.7. The summed E-state index contributed by atoms with van der Waals surface area (Å²) in [4.78, 5) is 12.9. The average Bonchev–Trinajstić information content (AvgIpc) is 2.24. The van der Waals surface area contributed by atoms with Gasteiger partial charge in [-0.2, -0.15) is 0 Å². The zero-order valence-corrected chi connectivity index (χ0v) is 10.2. The first-order chi connectivity index (χ1) is 7.27. The van der Waals surface area contributed by atoms with Crippen molar-refractivity contribution < 1.29 is 1.43 Å². The fourth-order valence-corrected chi connectivity index (χ4v) is 2.73. The summed E-state index contributed by atoms with van der Waals surface area (Å²) in [6, 6.07) is 0. The van der Waals surface area contributed by atoms with Gasteiger partial charge < -0.3 is 1.43 Å². The van der Waals surface area contributed by atoms with E-state index in [9.17, 15) is 0 Å². The smallest absolute Gasteiger partial charge is 1.00 e. The van der Waals surface area contributed by atoms with Crippen LogP contribution in [0.2, 0.25) is 0 Å². The van der Waals surface area contributed by atoms with Gasteiger partial charge in [-0.3, -0.25) is 0 Å². The summed E-state index contributed by atoms with van der Waals surface area (Å²) >= 11 is 0.105. The van der Waals surface area contributed by atoms with E-state index in [1.165, 1.54) is 9.12 Å². The van der Waals surface area contributed by atoms with Gasteiger partial charge in [0, 0.05) is 0 Å². The predicted molar refractivity (Wildman–Crippen MR) is 65.3 cm³/mol. The van der Waals surface area contributed by atoms with Crippen molar-refractivity contribution in [2.24, 2.45) is 9.98 Å². The van der Waals surface area contributed by atoms with Gasteiger partial charge in [0.25, 0.3) is 0 Å². The van der Waals surface area contributed by atoms with Crippen LogP contribution in [0.15, 0.2) is 31.5 Å². The summed E-state index contributed by atoms with van der Waals surface area (Å²) in [6.07, 6.45) is 7.79. The molecule has 0 N–H and O–H groups in total. The van der Waals surface area contributed by atoms with Gasteiger partial charge >= 0.3 is 96.1 Å². The maximum Gasteiger partial charge on any atom is -1.00 e. The molecule has 15 heavy (non-hydrogen) atoms. The molecule has 5 heteroatoms. The van der Waals surface area contributed by atoms with Crippen LogP contribution in [-0.2, 0) is 0 Å². The number of hydrogen-bond acceptors (Lipinski definition) is 4. The normalized spacial score (nSPS) is 19.9. The molecule has 0 fully saturated rings. The minimum Gasteiger partial charge on any atom is -1.00 e. The van der Waals surface area contributed by atoms with Crippen molar-refractivity contribution in [1.82, 2.24) is 9.80 Å². The van der Waals surface area contributed by atoms with E-state index in [4.69, 9.17) is 0 Å². The third-order valence-electron chi connectivity index (χ3n) is 2.51. The van der Waals surface area contributed by atoms with Gasteiger partial charge in [0.2, 0.25) is 0 Å². The van der Waals surface area contributed by atoms with E-state index in [2.05, 4.69) is 33.9 Å². The minimum absolute atomic E-state index is 0. The Hall–Kier alpha value is -1.05. The second kappa shape index (κ2) is 4.65. The molecule has 0 radical (unpaired) electrons. The van der Waals surface area contributed by atoms with Gasteiger partial charge in [0.1, 0.15) is 0 Å². The fraction of sp³-hybridized carbons (Fsp3) is 0.400. The molecule has 0 aromatic carbocycles. The molecule has 0 unspecified atom stereocenters. The predicted octanol–water partition coefficient (Wildman–Crippen LogP) is 0.433. The molecule has 2 heterocycles. The number of rotatable bonds is 2. The molecular formula is C10H15AlN4. The number of nitrogens with zero attached hydrogens (tertiary/aromatic N) is 4. The molecule has 0 aliphatic carbocycles.